The van der Waals surface area contributed by atoms with Crippen LogP contribution < -0.4 is 0 Å². The fourth-order valence-corrected chi connectivity index (χ4v) is 2.54. The van der Waals surface area contributed by atoms with Crippen LogP contribution in [0.2, 0.25) is 0 Å². The van der Waals surface area contributed by atoms with E-state index in [-0.39, 0.29) is 6.61 Å². The number of rotatable bonds is 4. The minimum absolute atomic E-state index is 0.118. The average Bonchev–Trinajstić information content (AvgIpc) is 2.55. The molecule has 2 amide bonds. The summed E-state index contributed by atoms with van der Waals surface area (Å²) >= 11 is 0. The third-order valence-corrected chi connectivity index (χ3v) is 3.87. The largest absolute Gasteiger partial charge is 0.395 e. The van der Waals surface area contributed by atoms with Gasteiger partial charge in [-0.25, -0.2) is 0 Å². The first-order valence-corrected chi connectivity index (χ1v) is 7.53. The first kappa shape index (κ1) is 16.5. The molecule has 0 unspecified atom stereocenters. The van der Waals surface area contributed by atoms with Gasteiger partial charge < -0.3 is 14.9 Å². The molecule has 2 rings (SSSR count). The van der Waals surface area contributed by atoms with E-state index in [1.807, 2.05) is 30.3 Å². The van der Waals surface area contributed by atoms with Crippen molar-refractivity contribution in [2.45, 2.75) is 6.54 Å². The molecule has 1 aromatic carbocycles. The summed E-state index contributed by atoms with van der Waals surface area (Å²) in [6.07, 6.45) is 0. The molecule has 0 radical (unpaired) electrons. The van der Waals surface area contributed by atoms with Crippen molar-refractivity contribution in [1.82, 2.24) is 14.7 Å². The molecule has 0 bridgehead atoms. The summed E-state index contributed by atoms with van der Waals surface area (Å²) in [5.41, 5.74) is 0.999. The molecule has 1 aliphatic rings. The molecule has 0 saturated carbocycles. The lowest BCUT2D eigenvalue weighted by molar-refractivity contribution is -0.152. The Kier molecular flexibility index (Phi) is 5.91. The normalized spacial score (nSPS) is 15.6. The van der Waals surface area contributed by atoms with Crippen molar-refractivity contribution in [3.05, 3.63) is 35.9 Å². The molecule has 1 N–H and O–H groups in total. The topological polar surface area (TPSA) is 64.1 Å². The van der Waals surface area contributed by atoms with Gasteiger partial charge >= 0.3 is 11.8 Å². The highest BCUT2D eigenvalue weighted by Crippen LogP contribution is 2.06. The number of β-amino-alcohol motifs (C(OH)–C–C–N with tert-alkyl or cyclic N) is 1. The lowest BCUT2D eigenvalue weighted by Gasteiger charge is -2.34. The lowest BCUT2D eigenvalue weighted by Crippen LogP contribution is -2.53. The van der Waals surface area contributed by atoms with E-state index in [1.165, 1.54) is 4.90 Å². The van der Waals surface area contributed by atoms with E-state index >= 15 is 0 Å². The van der Waals surface area contributed by atoms with Gasteiger partial charge in [0.15, 0.2) is 0 Å². The highest BCUT2D eigenvalue weighted by Gasteiger charge is 2.27. The van der Waals surface area contributed by atoms with Crippen LogP contribution in [-0.2, 0) is 16.1 Å². The number of likely N-dealkylation sites (N-methyl/N-ethyl adjacent to an activating group) is 1. The Morgan fingerprint density at radius 1 is 1.14 bits per heavy atom. The second-order valence-electron chi connectivity index (χ2n) is 5.50. The van der Waals surface area contributed by atoms with E-state index in [0.717, 1.165) is 5.56 Å². The van der Waals surface area contributed by atoms with Gasteiger partial charge in [-0.15, -0.1) is 0 Å². The second kappa shape index (κ2) is 7.91. The minimum atomic E-state index is -0.473. The minimum Gasteiger partial charge on any atom is -0.395 e. The summed E-state index contributed by atoms with van der Waals surface area (Å²) in [5.74, 6) is -0.915. The standard InChI is InChI=1S/C16H23N3O3/c1-17(13-14-5-3-2-4-6-14)15(21)16(22)19-9-7-18(8-10-19)11-12-20/h2-6,20H,7-13H2,1H3. The molecule has 0 aliphatic carbocycles. The summed E-state index contributed by atoms with van der Waals surface area (Å²) in [6, 6.07) is 9.61. The maximum Gasteiger partial charge on any atom is 0.312 e. The Hall–Kier alpha value is -1.92. The van der Waals surface area contributed by atoms with Crippen molar-refractivity contribution in [3.8, 4) is 0 Å². The molecule has 1 fully saturated rings. The molecule has 1 aromatic rings. The molecule has 6 nitrogen and oxygen atoms in total. The van der Waals surface area contributed by atoms with E-state index in [1.54, 1.807) is 11.9 Å². The van der Waals surface area contributed by atoms with Crippen molar-refractivity contribution in [3.63, 3.8) is 0 Å². The quantitative estimate of drug-likeness (QED) is 0.781. The number of aliphatic hydroxyl groups is 1. The van der Waals surface area contributed by atoms with Crippen molar-refractivity contribution < 1.29 is 14.7 Å². The van der Waals surface area contributed by atoms with Crippen LogP contribution in [0.1, 0.15) is 5.56 Å². The van der Waals surface area contributed by atoms with Gasteiger partial charge in [0.2, 0.25) is 0 Å². The highest BCUT2D eigenvalue weighted by atomic mass is 16.3. The van der Waals surface area contributed by atoms with Gasteiger partial charge in [0.05, 0.1) is 6.61 Å². The summed E-state index contributed by atoms with van der Waals surface area (Å²) < 4.78 is 0. The van der Waals surface area contributed by atoms with Crippen LogP contribution in [0.3, 0.4) is 0 Å². The van der Waals surface area contributed by atoms with Crippen LogP contribution in [0, 0.1) is 0 Å². The predicted molar refractivity (Wildman–Crippen MR) is 83.0 cm³/mol. The first-order valence-electron chi connectivity index (χ1n) is 7.53. The van der Waals surface area contributed by atoms with Crippen molar-refractivity contribution >= 4 is 11.8 Å². The Labute approximate surface area is 130 Å². The number of hydrogen-bond acceptors (Lipinski definition) is 4. The number of benzene rings is 1. The fraction of sp³-hybridized carbons (Fsp3) is 0.500. The molecule has 0 aromatic heterocycles. The summed E-state index contributed by atoms with van der Waals surface area (Å²) in [5, 5.41) is 8.91. The van der Waals surface area contributed by atoms with E-state index in [0.29, 0.717) is 39.3 Å². The number of hydrogen-bond donors (Lipinski definition) is 1. The lowest BCUT2D eigenvalue weighted by atomic mass is 10.2. The summed E-state index contributed by atoms with van der Waals surface area (Å²) in [7, 11) is 1.65. The first-order chi connectivity index (χ1) is 10.6. The van der Waals surface area contributed by atoms with E-state index < -0.39 is 11.8 Å². The van der Waals surface area contributed by atoms with Crippen LogP contribution >= 0.6 is 0 Å². The fourth-order valence-electron chi connectivity index (χ4n) is 2.54. The van der Waals surface area contributed by atoms with Gasteiger partial charge in [-0.2, -0.15) is 0 Å². The van der Waals surface area contributed by atoms with Crippen LogP contribution in [0.4, 0.5) is 0 Å². The molecule has 1 heterocycles. The zero-order chi connectivity index (χ0) is 15.9. The molecule has 1 saturated heterocycles. The van der Waals surface area contributed by atoms with E-state index in [9.17, 15) is 9.59 Å². The number of aliphatic hydroxyl groups excluding tert-OH is 1. The Morgan fingerprint density at radius 2 is 1.77 bits per heavy atom. The third-order valence-electron chi connectivity index (χ3n) is 3.87. The Balaban J connectivity index is 1.85. The number of piperazine rings is 1. The molecule has 6 heteroatoms. The van der Waals surface area contributed by atoms with Gasteiger partial charge in [-0.05, 0) is 5.56 Å². The van der Waals surface area contributed by atoms with E-state index in [4.69, 9.17) is 5.11 Å². The molecule has 120 valence electrons. The van der Waals surface area contributed by atoms with Gasteiger partial charge in [0, 0.05) is 46.3 Å². The van der Waals surface area contributed by atoms with Crippen LogP contribution in [0.15, 0.2) is 30.3 Å². The van der Waals surface area contributed by atoms with Crippen LogP contribution in [0.5, 0.6) is 0 Å². The zero-order valence-electron chi connectivity index (χ0n) is 12.9. The van der Waals surface area contributed by atoms with E-state index in [2.05, 4.69) is 4.90 Å². The highest BCUT2D eigenvalue weighted by molar-refractivity contribution is 6.34. The maximum atomic E-state index is 12.3. The smallest absolute Gasteiger partial charge is 0.312 e. The van der Waals surface area contributed by atoms with Gasteiger partial charge in [-0.1, -0.05) is 30.3 Å². The van der Waals surface area contributed by atoms with Crippen molar-refractivity contribution in [2.24, 2.45) is 0 Å². The monoisotopic (exact) mass is 305 g/mol. The molecule has 0 atom stereocenters. The van der Waals surface area contributed by atoms with Gasteiger partial charge in [0.1, 0.15) is 0 Å². The molecular weight excluding hydrogens is 282 g/mol. The van der Waals surface area contributed by atoms with Gasteiger partial charge in [0.25, 0.3) is 0 Å². The number of nitrogens with zero attached hydrogens (tertiary/aromatic N) is 3. The van der Waals surface area contributed by atoms with Crippen molar-refractivity contribution in [1.29, 1.82) is 0 Å². The average molecular weight is 305 g/mol. The van der Waals surface area contributed by atoms with Gasteiger partial charge in [-0.3, -0.25) is 14.5 Å². The van der Waals surface area contributed by atoms with Crippen LogP contribution in [0.25, 0.3) is 0 Å². The molecular formula is C16H23N3O3. The summed E-state index contributed by atoms with van der Waals surface area (Å²) in [6.45, 7) is 3.62. The molecule has 22 heavy (non-hydrogen) atoms. The number of carbonyl (C=O) groups excluding carboxylic acids is 2. The zero-order valence-corrected chi connectivity index (χ0v) is 12.9. The predicted octanol–water partition coefficient (Wildman–Crippen LogP) is -0.218. The summed E-state index contributed by atoms with van der Waals surface area (Å²) in [4.78, 5) is 29.6. The number of amides is 2. The Morgan fingerprint density at radius 3 is 2.36 bits per heavy atom. The third kappa shape index (κ3) is 4.29. The van der Waals surface area contributed by atoms with Crippen LogP contribution in [-0.4, -0.2) is 78.0 Å². The second-order valence-corrected chi connectivity index (χ2v) is 5.50. The SMILES string of the molecule is CN(Cc1ccccc1)C(=O)C(=O)N1CCN(CCO)CC1. The molecule has 1 aliphatic heterocycles. The number of carbonyl (C=O) groups is 2. The van der Waals surface area contributed by atoms with Crippen molar-refractivity contribution in [2.75, 3.05) is 46.4 Å². The molecule has 0 spiro atoms. The maximum absolute atomic E-state index is 12.3. The Bertz CT molecular complexity index is 499.